The Kier molecular flexibility index (Phi) is 10.0. The van der Waals surface area contributed by atoms with Gasteiger partial charge in [-0.3, -0.25) is 4.79 Å². The van der Waals surface area contributed by atoms with Gasteiger partial charge in [-0.2, -0.15) is 0 Å². The number of anilines is 1. The van der Waals surface area contributed by atoms with Gasteiger partial charge in [0.05, 0.1) is 24.4 Å². The molecule has 2 N–H and O–H groups in total. The summed E-state index contributed by atoms with van der Waals surface area (Å²) in [4.78, 5) is 12.3. The summed E-state index contributed by atoms with van der Waals surface area (Å²) >= 11 is 6.21. The first-order valence-electron chi connectivity index (χ1n) is 10.4. The van der Waals surface area contributed by atoms with Crippen molar-refractivity contribution in [2.75, 3.05) is 12.4 Å². The van der Waals surface area contributed by atoms with Crippen molar-refractivity contribution in [3.05, 3.63) is 58.1 Å². The summed E-state index contributed by atoms with van der Waals surface area (Å²) in [5.74, 6) is 0.421. The lowest BCUT2D eigenvalue weighted by atomic mass is 10.0. The minimum Gasteiger partial charge on any atom is -0.496 e. The predicted molar refractivity (Wildman–Crippen MR) is 120 cm³/mol. The smallest absolute Gasteiger partial charge is 0.224 e. The number of unbranched alkanes of at least 4 members (excludes halogenated alkanes) is 3. The van der Waals surface area contributed by atoms with E-state index in [0.29, 0.717) is 28.4 Å². The van der Waals surface area contributed by atoms with Crippen LogP contribution in [0.3, 0.4) is 0 Å². The summed E-state index contributed by atoms with van der Waals surface area (Å²) in [7, 11) is 1.52. The second kappa shape index (κ2) is 12.5. The van der Waals surface area contributed by atoms with E-state index in [-0.39, 0.29) is 12.5 Å². The summed E-state index contributed by atoms with van der Waals surface area (Å²) in [6.07, 6.45) is 8.26. The van der Waals surface area contributed by atoms with Crippen molar-refractivity contribution in [3.63, 3.8) is 0 Å². The zero-order chi connectivity index (χ0) is 21.1. The van der Waals surface area contributed by atoms with Crippen LogP contribution in [0.4, 0.5) is 5.69 Å². The number of ether oxygens (including phenoxy) is 1. The molecule has 0 fully saturated rings. The number of amides is 1. The maximum absolute atomic E-state index is 12.3. The number of aryl methyl sites for hydroxylation is 2. The van der Waals surface area contributed by atoms with Crippen molar-refractivity contribution >= 4 is 23.2 Å². The summed E-state index contributed by atoms with van der Waals surface area (Å²) < 4.78 is 5.24. The Bertz CT molecular complexity index is 792. The standard InChI is InChI=1S/C24H32ClNO3/c1-3-4-5-6-9-18-10-7-11-19(14-18)12-8-13-24(28)26-22-16-23(29-2)20(17-27)15-21(22)25/h7,10-11,14-16,27H,3-6,8-9,12-13,17H2,1-2H3,(H,26,28). The topological polar surface area (TPSA) is 58.6 Å². The molecule has 5 heteroatoms. The van der Waals surface area contributed by atoms with Crippen LogP contribution in [0.5, 0.6) is 5.75 Å². The predicted octanol–water partition coefficient (Wildman–Crippen LogP) is 5.93. The third-order valence-electron chi connectivity index (χ3n) is 4.99. The van der Waals surface area contributed by atoms with Gasteiger partial charge in [-0.15, -0.1) is 0 Å². The Balaban J connectivity index is 1.83. The molecule has 2 aromatic rings. The monoisotopic (exact) mass is 417 g/mol. The highest BCUT2D eigenvalue weighted by atomic mass is 35.5. The zero-order valence-corrected chi connectivity index (χ0v) is 18.2. The van der Waals surface area contributed by atoms with Crippen LogP contribution in [0.15, 0.2) is 36.4 Å². The molecular weight excluding hydrogens is 386 g/mol. The van der Waals surface area contributed by atoms with E-state index in [9.17, 15) is 9.90 Å². The Morgan fingerprint density at radius 1 is 1.07 bits per heavy atom. The first-order valence-corrected chi connectivity index (χ1v) is 10.8. The molecule has 0 bridgehead atoms. The van der Waals surface area contributed by atoms with Gasteiger partial charge in [0.15, 0.2) is 0 Å². The quantitative estimate of drug-likeness (QED) is 0.421. The van der Waals surface area contributed by atoms with Gasteiger partial charge in [-0.25, -0.2) is 0 Å². The van der Waals surface area contributed by atoms with Gasteiger partial charge >= 0.3 is 0 Å². The lowest BCUT2D eigenvalue weighted by Crippen LogP contribution is -2.12. The number of nitrogens with one attached hydrogen (secondary N) is 1. The average molecular weight is 418 g/mol. The number of hydrogen-bond acceptors (Lipinski definition) is 3. The molecular formula is C24H32ClNO3. The second-order valence-corrected chi connectivity index (χ2v) is 7.74. The fraction of sp³-hybridized carbons (Fsp3) is 0.458. The summed E-state index contributed by atoms with van der Waals surface area (Å²) in [5, 5.41) is 12.6. The number of carbonyl (C=O) groups excluding carboxylic acids is 1. The molecule has 0 saturated heterocycles. The normalized spacial score (nSPS) is 10.8. The highest BCUT2D eigenvalue weighted by molar-refractivity contribution is 6.33. The van der Waals surface area contributed by atoms with Gasteiger partial charge in [0, 0.05) is 18.1 Å². The van der Waals surface area contributed by atoms with Crippen molar-refractivity contribution in [2.24, 2.45) is 0 Å². The number of aliphatic hydroxyl groups is 1. The van der Waals surface area contributed by atoms with Crippen molar-refractivity contribution < 1.29 is 14.6 Å². The molecule has 0 aromatic heterocycles. The van der Waals surface area contributed by atoms with Crippen molar-refractivity contribution in [1.82, 2.24) is 0 Å². The Morgan fingerprint density at radius 3 is 2.45 bits per heavy atom. The average Bonchev–Trinajstić information content (AvgIpc) is 2.72. The van der Waals surface area contributed by atoms with Crippen molar-refractivity contribution in [1.29, 1.82) is 0 Å². The number of hydrogen-bond donors (Lipinski definition) is 2. The largest absolute Gasteiger partial charge is 0.496 e. The third kappa shape index (κ3) is 7.71. The molecule has 0 spiro atoms. The summed E-state index contributed by atoms with van der Waals surface area (Å²) in [6, 6.07) is 11.9. The van der Waals surface area contributed by atoms with E-state index >= 15 is 0 Å². The van der Waals surface area contributed by atoms with E-state index in [4.69, 9.17) is 16.3 Å². The van der Waals surface area contributed by atoms with Gasteiger partial charge in [-0.05, 0) is 42.9 Å². The van der Waals surface area contributed by atoms with Crippen LogP contribution in [-0.4, -0.2) is 18.1 Å². The number of carbonyl (C=O) groups is 1. The van der Waals surface area contributed by atoms with E-state index < -0.39 is 0 Å². The first-order chi connectivity index (χ1) is 14.1. The van der Waals surface area contributed by atoms with Crippen LogP contribution in [0.1, 0.15) is 62.1 Å². The van der Waals surface area contributed by atoms with Gasteiger partial charge < -0.3 is 15.2 Å². The van der Waals surface area contributed by atoms with E-state index in [1.165, 1.54) is 43.9 Å². The first kappa shape index (κ1) is 23.2. The molecule has 0 atom stereocenters. The van der Waals surface area contributed by atoms with Crippen LogP contribution in [-0.2, 0) is 24.2 Å². The number of benzene rings is 2. The van der Waals surface area contributed by atoms with Crippen LogP contribution in [0.2, 0.25) is 5.02 Å². The molecule has 0 radical (unpaired) electrons. The van der Waals surface area contributed by atoms with E-state index in [1.54, 1.807) is 12.1 Å². The lowest BCUT2D eigenvalue weighted by molar-refractivity contribution is -0.116. The number of rotatable bonds is 12. The minimum atomic E-state index is -0.172. The van der Waals surface area contributed by atoms with Gasteiger partial charge in [-0.1, -0.05) is 62.1 Å². The van der Waals surface area contributed by atoms with E-state index in [0.717, 1.165) is 19.3 Å². The number of aliphatic hydroxyl groups excluding tert-OH is 1. The van der Waals surface area contributed by atoms with Crippen molar-refractivity contribution in [2.45, 2.75) is 64.9 Å². The maximum Gasteiger partial charge on any atom is 0.224 e. The van der Waals surface area contributed by atoms with Gasteiger partial charge in [0.25, 0.3) is 0 Å². The fourth-order valence-electron chi connectivity index (χ4n) is 3.37. The molecule has 2 rings (SSSR count). The maximum atomic E-state index is 12.3. The molecule has 0 unspecified atom stereocenters. The molecule has 29 heavy (non-hydrogen) atoms. The summed E-state index contributed by atoms with van der Waals surface area (Å²) in [5.41, 5.74) is 3.74. The molecule has 4 nitrogen and oxygen atoms in total. The van der Waals surface area contributed by atoms with E-state index in [2.05, 4.69) is 36.5 Å². The van der Waals surface area contributed by atoms with Crippen LogP contribution < -0.4 is 10.1 Å². The molecule has 0 aliphatic rings. The zero-order valence-electron chi connectivity index (χ0n) is 17.5. The highest BCUT2D eigenvalue weighted by Gasteiger charge is 2.11. The van der Waals surface area contributed by atoms with Crippen LogP contribution in [0.25, 0.3) is 0 Å². The third-order valence-corrected chi connectivity index (χ3v) is 5.31. The van der Waals surface area contributed by atoms with Crippen molar-refractivity contribution in [3.8, 4) is 5.75 Å². The SMILES string of the molecule is CCCCCCc1cccc(CCCC(=O)Nc2cc(OC)c(CO)cc2Cl)c1. The van der Waals surface area contributed by atoms with Crippen LogP contribution in [0, 0.1) is 0 Å². The number of methoxy groups -OCH3 is 1. The molecule has 158 valence electrons. The van der Waals surface area contributed by atoms with E-state index in [1.807, 2.05) is 0 Å². The molecule has 0 aliphatic carbocycles. The lowest BCUT2D eigenvalue weighted by Gasteiger charge is -2.12. The Hall–Kier alpha value is -2.04. The fourth-order valence-corrected chi connectivity index (χ4v) is 3.60. The highest BCUT2D eigenvalue weighted by Crippen LogP contribution is 2.31. The molecule has 1 amide bonds. The molecule has 2 aromatic carbocycles. The molecule has 0 aliphatic heterocycles. The van der Waals surface area contributed by atoms with Gasteiger partial charge in [0.1, 0.15) is 5.75 Å². The second-order valence-electron chi connectivity index (χ2n) is 7.33. The molecule has 0 saturated carbocycles. The molecule has 0 heterocycles. The van der Waals surface area contributed by atoms with Crippen LogP contribution >= 0.6 is 11.6 Å². The summed E-state index contributed by atoms with van der Waals surface area (Å²) in [6.45, 7) is 2.06. The minimum absolute atomic E-state index is 0.0820. The van der Waals surface area contributed by atoms with Gasteiger partial charge in [0.2, 0.25) is 5.91 Å². The number of halogens is 1. The Morgan fingerprint density at radius 2 is 1.79 bits per heavy atom. The Labute approximate surface area is 179 Å².